The third kappa shape index (κ3) is 5.61. The fraction of sp³-hybridized carbons (Fsp3) is 0.593. The maximum Gasteiger partial charge on any atom is 0.199 e. The Morgan fingerprint density at radius 3 is 2.73 bits per heavy atom. The van der Waals surface area contributed by atoms with E-state index in [1.165, 1.54) is 7.11 Å². The minimum Gasteiger partial charge on any atom is -0.507 e. The molecule has 3 aliphatic rings. The molecule has 10 nitrogen and oxygen atoms in total. The van der Waals surface area contributed by atoms with Crippen LogP contribution >= 0.6 is 0 Å². The number of methoxy groups -OCH3 is 2. The van der Waals surface area contributed by atoms with Crippen molar-refractivity contribution in [3.63, 3.8) is 0 Å². The van der Waals surface area contributed by atoms with E-state index in [0.717, 1.165) is 0 Å². The average molecular weight is 520 g/mol. The largest absolute Gasteiger partial charge is 0.507 e. The minimum atomic E-state index is -0.699. The van der Waals surface area contributed by atoms with Crippen LogP contribution in [0.1, 0.15) is 37.0 Å². The molecular weight excluding hydrogens is 482 g/mol. The molecule has 7 atom stereocenters. The fourth-order valence-corrected chi connectivity index (χ4v) is 5.29. The zero-order valence-corrected chi connectivity index (χ0v) is 21.8. The number of ketones is 1. The summed E-state index contributed by atoms with van der Waals surface area (Å²) in [5, 5.41) is 20.7. The topological polar surface area (TPSA) is 116 Å². The first-order valence-electron chi connectivity index (χ1n) is 12.5. The molecule has 0 spiro atoms. The molecule has 1 aromatic rings. The minimum absolute atomic E-state index is 0.0371. The normalized spacial score (nSPS) is 31.2. The SMILES string of the molecule is C=C(C(=O)c1ccccc1OC)/C(O)=C(\C)[C@H](CCO)O[C@H]1C[C@H]2[C@H](O[C@@H]3[C@@H](OC)OCCN32)[C@H](C)O1. The predicted octanol–water partition coefficient (Wildman–Crippen LogP) is 2.57. The summed E-state index contributed by atoms with van der Waals surface area (Å²) in [6, 6.07) is 6.78. The van der Waals surface area contributed by atoms with Crippen LogP contribution in [0.15, 0.2) is 47.7 Å². The summed E-state index contributed by atoms with van der Waals surface area (Å²) in [6.45, 7) is 8.47. The fourth-order valence-electron chi connectivity index (χ4n) is 5.29. The van der Waals surface area contributed by atoms with E-state index in [0.29, 0.717) is 36.5 Å². The molecule has 3 heterocycles. The summed E-state index contributed by atoms with van der Waals surface area (Å²) in [4.78, 5) is 15.3. The number of carbonyl (C=O) groups is 1. The van der Waals surface area contributed by atoms with Crippen molar-refractivity contribution in [2.45, 2.75) is 69.9 Å². The Hall–Kier alpha value is -2.31. The van der Waals surface area contributed by atoms with Crippen LogP contribution in [0.5, 0.6) is 5.75 Å². The maximum atomic E-state index is 13.1. The first-order chi connectivity index (χ1) is 17.8. The van der Waals surface area contributed by atoms with Crippen LogP contribution < -0.4 is 4.74 Å². The van der Waals surface area contributed by atoms with Crippen LogP contribution in [0.25, 0.3) is 0 Å². The standard InChI is InChI=1S/C27H37NO9/c1-15(23(30)16(2)24(31)18-8-6-7-9-21(18)32-4)20(10-12-29)36-22-14-19-25(17(3)35-22)37-26-27(33-5)34-13-11-28(19)26/h6-9,17,19-20,22,25-27,29-30H,2,10-14H2,1,3-5H3/b23-15-/t17-,19-,20-,22-,25+,26+,27-/m0/s1. The summed E-state index contributed by atoms with van der Waals surface area (Å²) in [7, 11) is 3.07. The molecule has 3 aliphatic heterocycles. The second kappa shape index (κ2) is 12.0. The van der Waals surface area contributed by atoms with Gasteiger partial charge in [0.2, 0.25) is 0 Å². The maximum absolute atomic E-state index is 13.1. The highest BCUT2D eigenvalue weighted by Gasteiger charge is 2.53. The molecule has 2 N–H and O–H groups in total. The van der Waals surface area contributed by atoms with Crippen molar-refractivity contribution < 1.29 is 43.4 Å². The van der Waals surface area contributed by atoms with Gasteiger partial charge in [0.05, 0.1) is 37.1 Å². The van der Waals surface area contributed by atoms with E-state index in [1.54, 1.807) is 38.3 Å². The zero-order chi connectivity index (χ0) is 26.7. The number of hydrogen-bond donors (Lipinski definition) is 2. The summed E-state index contributed by atoms with van der Waals surface area (Å²) in [5.74, 6) is -0.356. The lowest BCUT2D eigenvalue weighted by Crippen LogP contribution is -2.55. The smallest absolute Gasteiger partial charge is 0.199 e. The number of aliphatic hydroxyl groups excluding tert-OH is 2. The molecule has 37 heavy (non-hydrogen) atoms. The third-order valence-corrected chi connectivity index (χ3v) is 7.26. The molecule has 3 saturated heterocycles. The molecular formula is C27H37NO9. The second-order valence-electron chi connectivity index (χ2n) is 9.45. The van der Waals surface area contributed by atoms with E-state index in [9.17, 15) is 15.0 Å². The van der Waals surface area contributed by atoms with Gasteiger partial charge in [-0.3, -0.25) is 9.69 Å². The van der Waals surface area contributed by atoms with Crippen molar-refractivity contribution in [1.29, 1.82) is 0 Å². The summed E-state index contributed by atoms with van der Waals surface area (Å²) in [6.07, 6.45) is -1.79. The Kier molecular flexibility index (Phi) is 9.02. The third-order valence-electron chi connectivity index (χ3n) is 7.26. The molecule has 3 fully saturated rings. The molecule has 0 bridgehead atoms. The number of hydrogen-bond acceptors (Lipinski definition) is 10. The van der Waals surface area contributed by atoms with Gasteiger partial charge in [-0.2, -0.15) is 0 Å². The van der Waals surface area contributed by atoms with Crippen molar-refractivity contribution >= 4 is 5.78 Å². The van der Waals surface area contributed by atoms with Gasteiger partial charge >= 0.3 is 0 Å². The van der Waals surface area contributed by atoms with Crippen LogP contribution in [-0.4, -0.2) is 98.0 Å². The van der Waals surface area contributed by atoms with E-state index >= 15 is 0 Å². The number of nitrogens with zero attached hydrogens (tertiary/aromatic N) is 1. The molecule has 0 amide bonds. The van der Waals surface area contributed by atoms with E-state index in [2.05, 4.69) is 11.5 Å². The molecule has 0 saturated carbocycles. The zero-order valence-electron chi connectivity index (χ0n) is 21.8. The van der Waals surface area contributed by atoms with Gasteiger partial charge in [0.1, 0.15) is 17.6 Å². The van der Waals surface area contributed by atoms with Gasteiger partial charge in [0.25, 0.3) is 0 Å². The van der Waals surface area contributed by atoms with Gasteiger partial charge in [0.15, 0.2) is 24.6 Å². The van der Waals surface area contributed by atoms with Gasteiger partial charge in [0, 0.05) is 39.1 Å². The van der Waals surface area contributed by atoms with Gasteiger partial charge < -0.3 is 38.6 Å². The first kappa shape index (κ1) is 27.7. The quantitative estimate of drug-likeness (QED) is 0.207. The number of aliphatic hydroxyl groups is 2. The first-order valence-corrected chi connectivity index (χ1v) is 12.5. The van der Waals surface area contributed by atoms with E-state index < -0.39 is 24.5 Å². The monoisotopic (exact) mass is 519 g/mol. The highest BCUT2D eigenvalue weighted by Crippen LogP contribution is 2.39. The Morgan fingerprint density at radius 2 is 2.03 bits per heavy atom. The van der Waals surface area contributed by atoms with E-state index in [1.807, 2.05) is 6.92 Å². The average Bonchev–Trinajstić information content (AvgIpc) is 3.30. The van der Waals surface area contributed by atoms with Crippen molar-refractivity contribution in [3.8, 4) is 5.75 Å². The molecule has 0 unspecified atom stereocenters. The molecule has 10 heteroatoms. The number of fused-ring (bicyclic) bond motifs is 3. The Morgan fingerprint density at radius 1 is 1.27 bits per heavy atom. The lowest BCUT2D eigenvalue weighted by Gasteiger charge is -2.41. The van der Waals surface area contributed by atoms with E-state index in [-0.39, 0.29) is 48.8 Å². The molecule has 204 valence electrons. The highest BCUT2D eigenvalue weighted by atomic mass is 16.7. The molecule has 1 aromatic carbocycles. The van der Waals surface area contributed by atoms with Crippen molar-refractivity contribution in [3.05, 3.63) is 53.3 Å². The van der Waals surface area contributed by atoms with Gasteiger partial charge in [-0.25, -0.2) is 0 Å². The number of Topliss-reactive ketones (excluding diaryl/α,β-unsaturated/α-hetero) is 1. The Balaban J connectivity index is 1.49. The Bertz CT molecular complexity index is 1010. The van der Waals surface area contributed by atoms with Crippen molar-refractivity contribution in [2.24, 2.45) is 0 Å². The van der Waals surface area contributed by atoms with Crippen LogP contribution in [-0.2, 0) is 23.7 Å². The van der Waals surface area contributed by atoms with Crippen LogP contribution in [0.3, 0.4) is 0 Å². The lowest BCUT2D eigenvalue weighted by molar-refractivity contribution is -0.252. The number of para-hydroxylation sites is 1. The van der Waals surface area contributed by atoms with Crippen LogP contribution in [0.2, 0.25) is 0 Å². The Labute approximate surface area is 217 Å². The molecule has 0 aromatic heterocycles. The number of allylic oxidation sites excluding steroid dienone is 1. The molecule has 0 radical (unpaired) electrons. The van der Waals surface area contributed by atoms with Crippen molar-refractivity contribution in [2.75, 3.05) is 34.0 Å². The number of benzene rings is 1. The summed E-state index contributed by atoms with van der Waals surface area (Å²) < 4.78 is 35.1. The lowest BCUT2D eigenvalue weighted by atomic mass is 9.97. The van der Waals surface area contributed by atoms with Crippen molar-refractivity contribution in [1.82, 2.24) is 4.90 Å². The van der Waals surface area contributed by atoms with Gasteiger partial charge in [-0.05, 0) is 31.6 Å². The highest BCUT2D eigenvalue weighted by molar-refractivity contribution is 6.12. The molecule has 4 rings (SSSR count). The van der Waals surface area contributed by atoms with Gasteiger partial charge in [-0.15, -0.1) is 0 Å². The van der Waals surface area contributed by atoms with Gasteiger partial charge in [-0.1, -0.05) is 18.7 Å². The number of carbonyl (C=O) groups excluding carboxylic acids is 1. The summed E-state index contributed by atoms with van der Waals surface area (Å²) >= 11 is 0. The second-order valence-corrected chi connectivity index (χ2v) is 9.45. The van der Waals surface area contributed by atoms with Crippen LogP contribution in [0.4, 0.5) is 0 Å². The number of ether oxygens (including phenoxy) is 6. The predicted molar refractivity (Wildman–Crippen MR) is 133 cm³/mol. The summed E-state index contributed by atoms with van der Waals surface area (Å²) in [5.41, 5.74) is 0.588. The number of rotatable bonds is 10. The van der Waals surface area contributed by atoms with Crippen LogP contribution in [0, 0.1) is 0 Å². The molecule has 0 aliphatic carbocycles. The van der Waals surface area contributed by atoms with E-state index in [4.69, 9.17) is 28.4 Å². The number of morpholine rings is 1.